The van der Waals surface area contributed by atoms with E-state index in [1.807, 2.05) is 6.92 Å². The number of likely N-dealkylation sites (N-methyl/N-ethyl adjacent to an activating group) is 1. The van der Waals surface area contributed by atoms with Crippen molar-refractivity contribution in [2.45, 2.75) is 11.8 Å². The van der Waals surface area contributed by atoms with Gasteiger partial charge in [-0.3, -0.25) is 9.59 Å². The number of ether oxygens (including phenoxy) is 1. The lowest BCUT2D eigenvalue weighted by molar-refractivity contribution is -0.116. The fraction of sp³-hybridized carbons (Fsp3) is 0.250. The van der Waals surface area contributed by atoms with Gasteiger partial charge in [0, 0.05) is 18.1 Å². The number of nitrogens with one attached hydrogen (secondary N) is 1. The minimum Gasteiger partial charge on any atom is -0.494 e. The average molecular weight is 397 g/mol. The van der Waals surface area contributed by atoms with Gasteiger partial charge in [-0.2, -0.15) is 4.31 Å². The van der Waals surface area contributed by atoms with E-state index in [1.54, 1.807) is 24.3 Å². The number of hydrogen-bond donors (Lipinski definition) is 2. The van der Waals surface area contributed by atoms with Crippen LogP contribution in [-0.2, 0) is 14.8 Å². The number of rotatable bonds is 8. The highest BCUT2D eigenvalue weighted by atomic mass is 32.2. The molecule has 0 saturated heterocycles. The molecule has 8 nitrogen and oxygen atoms in total. The van der Waals surface area contributed by atoms with Crippen LogP contribution in [0.3, 0.4) is 0 Å². The number of sulfonamides is 1. The maximum Gasteiger partial charge on any atom is 0.258 e. The Morgan fingerprint density at radius 2 is 1.92 bits per heavy atom. The number of nitrogens with two attached hydrogens (primary N) is 1. The predicted molar refractivity (Wildman–Crippen MR) is 98.9 cm³/mol. The molecular weight excluding hydrogens is 378 g/mol. The molecule has 0 atom stereocenters. The van der Waals surface area contributed by atoms with E-state index in [0.29, 0.717) is 18.0 Å². The van der Waals surface area contributed by atoms with Crippen molar-refractivity contribution in [3.63, 3.8) is 0 Å². The minimum atomic E-state index is -3.90. The third-order valence-electron chi connectivity index (χ3n) is 3.34. The number of anilines is 1. The molecule has 1 heterocycles. The van der Waals surface area contributed by atoms with Crippen molar-refractivity contribution in [2.24, 2.45) is 5.73 Å². The molecule has 3 N–H and O–H groups in total. The Hall–Kier alpha value is -2.43. The van der Waals surface area contributed by atoms with Crippen LogP contribution in [0.5, 0.6) is 5.75 Å². The highest BCUT2D eigenvalue weighted by molar-refractivity contribution is 7.89. The van der Waals surface area contributed by atoms with Crippen LogP contribution in [0.1, 0.15) is 16.6 Å². The summed E-state index contributed by atoms with van der Waals surface area (Å²) in [7, 11) is -2.61. The number of thiophene rings is 1. The van der Waals surface area contributed by atoms with Gasteiger partial charge in [0.2, 0.25) is 15.9 Å². The van der Waals surface area contributed by atoms with Gasteiger partial charge >= 0.3 is 0 Å². The normalized spacial score (nSPS) is 11.3. The van der Waals surface area contributed by atoms with E-state index in [2.05, 4.69) is 5.32 Å². The molecule has 26 heavy (non-hydrogen) atoms. The van der Waals surface area contributed by atoms with E-state index in [-0.39, 0.29) is 16.3 Å². The Kier molecular flexibility index (Phi) is 6.35. The summed E-state index contributed by atoms with van der Waals surface area (Å²) in [4.78, 5) is 23.3. The SMILES string of the molecule is CCOc1ccc(NC(=O)CN(C)S(=O)(=O)c2csc(C(N)=O)c2)cc1. The van der Waals surface area contributed by atoms with Crippen LogP contribution in [0.4, 0.5) is 5.69 Å². The summed E-state index contributed by atoms with van der Waals surface area (Å²) >= 11 is 0.936. The number of primary amides is 1. The molecule has 10 heteroatoms. The Bertz CT molecular complexity index is 891. The second kappa shape index (κ2) is 8.30. The molecule has 2 rings (SSSR count). The summed E-state index contributed by atoms with van der Waals surface area (Å²) in [5.41, 5.74) is 5.66. The fourth-order valence-corrected chi connectivity index (χ4v) is 4.29. The number of hydrogen-bond acceptors (Lipinski definition) is 6. The summed E-state index contributed by atoms with van der Waals surface area (Å²) in [5.74, 6) is -0.522. The van der Waals surface area contributed by atoms with Crippen molar-refractivity contribution in [3.05, 3.63) is 40.6 Å². The summed E-state index contributed by atoms with van der Waals surface area (Å²) in [6, 6.07) is 7.93. The van der Waals surface area contributed by atoms with E-state index in [9.17, 15) is 18.0 Å². The smallest absolute Gasteiger partial charge is 0.258 e. The Morgan fingerprint density at radius 1 is 1.27 bits per heavy atom. The molecule has 2 aromatic rings. The van der Waals surface area contributed by atoms with Gasteiger partial charge in [0.15, 0.2) is 0 Å². The van der Waals surface area contributed by atoms with Crippen LogP contribution in [0.15, 0.2) is 40.6 Å². The monoisotopic (exact) mass is 397 g/mol. The van der Waals surface area contributed by atoms with Crippen molar-refractivity contribution in [3.8, 4) is 5.75 Å². The molecule has 0 aliphatic carbocycles. The second-order valence-electron chi connectivity index (χ2n) is 5.28. The zero-order valence-electron chi connectivity index (χ0n) is 14.3. The van der Waals surface area contributed by atoms with Gasteiger partial charge in [-0.15, -0.1) is 11.3 Å². The standard InChI is InChI=1S/C16H19N3O5S2/c1-3-24-12-6-4-11(5-7-12)18-15(20)9-19(2)26(22,23)13-8-14(16(17)21)25-10-13/h4-8,10H,3,9H2,1-2H3,(H2,17,21)(H,18,20). The number of nitrogens with zero attached hydrogens (tertiary/aromatic N) is 1. The Morgan fingerprint density at radius 3 is 2.46 bits per heavy atom. The predicted octanol–water partition coefficient (Wildman–Crippen LogP) is 1.50. The Labute approximate surface area is 155 Å². The number of carbonyl (C=O) groups is 2. The van der Waals surface area contributed by atoms with Gasteiger partial charge in [-0.25, -0.2) is 8.42 Å². The quantitative estimate of drug-likeness (QED) is 0.700. The lowest BCUT2D eigenvalue weighted by Crippen LogP contribution is -2.34. The van der Waals surface area contributed by atoms with Crippen molar-refractivity contribution >= 4 is 38.9 Å². The first-order valence-corrected chi connectivity index (χ1v) is 9.93. The summed E-state index contributed by atoms with van der Waals surface area (Å²) in [5, 5.41) is 3.93. The van der Waals surface area contributed by atoms with Crippen LogP contribution in [0.2, 0.25) is 0 Å². The van der Waals surface area contributed by atoms with Crippen molar-refractivity contribution in [1.82, 2.24) is 4.31 Å². The summed E-state index contributed by atoms with van der Waals surface area (Å²) in [6.07, 6.45) is 0. The van der Waals surface area contributed by atoms with Crippen LogP contribution >= 0.6 is 11.3 Å². The molecule has 0 aliphatic heterocycles. The molecule has 0 aliphatic rings. The average Bonchev–Trinajstić information content (AvgIpc) is 3.08. The van der Waals surface area contributed by atoms with Crippen LogP contribution < -0.4 is 15.8 Å². The van der Waals surface area contributed by atoms with Gasteiger partial charge in [0.25, 0.3) is 5.91 Å². The van der Waals surface area contributed by atoms with Gasteiger partial charge in [-0.05, 0) is 37.3 Å². The van der Waals surface area contributed by atoms with E-state index in [1.165, 1.54) is 18.5 Å². The zero-order valence-corrected chi connectivity index (χ0v) is 15.9. The second-order valence-corrected chi connectivity index (χ2v) is 8.23. The number of amides is 2. The first-order chi connectivity index (χ1) is 12.2. The maximum atomic E-state index is 12.5. The van der Waals surface area contributed by atoms with Gasteiger partial charge in [0.1, 0.15) is 5.75 Å². The molecule has 2 amide bonds. The summed E-state index contributed by atoms with van der Waals surface area (Å²) in [6.45, 7) is 2.03. The van der Waals surface area contributed by atoms with E-state index in [4.69, 9.17) is 10.5 Å². The van der Waals surface area contributed by atoms with Gasteiger partial charge in [-0.1, -0.05) is 0 Å². The molecule has 1 aromatic heterocycles. The first kappa shape index (κ1) is 19.9. The van der Waals surface area contributed by atoms with Crippen LogP contribution in [0, 0.1) is 0 Å². The third kappa shape index (κ3) is 4.81. The molecule has 1 aromatic carbocycles. The van der Waals surface area contributed by atoms with E-state index >= 15 is 0 Å². The molecule has 0 bridgehead atoms. The topological polar surface area (TPSA) is 119 Å². The largest absolute Gasteiger partial charge is 0.494 e. The Balaban J connectivity index is 2.01. The van der Waals surface area contributed by atoms with Crippen molar-refractivity contribution in [2.75, 3.05) is 25.5 Å². The molecule has 0 radical (unpaired) electrons. The van der Waals surface area contributed by atoms with Crippen molar-refractivity contribution < 1.29 is 22.7 Å². The van der Waals surface area contributed by atoms with Gasteiger partial charge in [0.05, 0.1) is 22.9 Å². The van der Waals surface area contributed by atoms with Crippen LogP contribution in [0.25, 0.3) is 0 Å². The molecule has 0 spiro atoms. The fourth-order valence-electron chi connectivity index (χ4n) is 2.05. The molecule has 140 valence electrons. The van der Waals surface area contributed by atoms with E-state index < -0.39 is 21.8 Å². The zero-order chi connectivity index (χ0) is 19.3. The highest BCUT2D eigenvalue weighted by Gasteiger charge is 2.25. The molecular formula is C16H19N3O5S2. The van der Waals surface area contributed by atoms with Crippen molar-refractivity contribution in [1.29, 1.82) is 0 Å². The minimum absolute atomic E-state index is 0.0762. The maximum absolute atomic E-state index is 12.5. The number of carbonyl (C=O) groups excluding carboxylic acids is 2. The van der Waals surface area contributed by atoms with E-state index in [0.717, 1.165) is 15.6 Å². The molecule has 0 saturated carbocycles. The molecule has 0 fully saturated rings. The lowest BCUT2D eigenvalue weighted by atomic mass is 10.3. The lowest BCUT2D eigenvalue weighted by Gasteiger charge is -2.16. The summed E-state index contributed by atoms with van der Waals surface area (Å²) < 4.78 is 31.1. The highest BCUT2D eigenvalue weighted by Crippen LogP contribution is 2.22. The number of benzene rings is 1. The van der Waals surface area contributed by atoms with Crippen LogP contribution in [-0.4, -0.2) is 44.7 Å². The first-order valence-electron chi connectivity index (χ1n) is 7.61. The third-order valence-corrected chi connectivity index (χ3v) is 6.22. The molecule has 0 unspecified atom stereocenters. The van der Waals surface area contributed by atoms with Gasteiger partial charge < -0.3 is 15.8 Å².